The van der Waals surface area contributed by atoms with Crippen LogP contribution in [-0.2, 0) is 23.5 Å². The monoisotopic (exact) mass is 490 g/mol. The average Bonchev–Trinajstić information content (AvgIpc) is 2.79. The van der Waals surface area contributed by atoms with Gasteiger partial charge in [0.1, 0.15) is 17.2 Å². The number of pyridine rings is 1. The largest absolute Gasteiger partial charge is 0.493 e. The Labute approximate surface area is 196 Å². The second kappa shape index (κ2) is 9.46. The van der Waals surface area contributed by atoms with Crippen LogP contribution in [0.4, 0.5) is 14.5 Å². The fourth-order valence-corrected chi connectivity index (χ4v) is 4.29. The van der Waals surface area contributed by atoms with Crippen LogP contribution in [-0.4, -0.2) is 25.3 Å². The molecule has 0 bridgehead atoms. The maximum atomic E-state index is 14.1. The number of sulfonamides is 1. The third kappa shape index (κ3) is 5.06. The number of nitrogens with zero attached hydrogens (tertiary/aromatic N) is 1. The van der Waals surface area contributed by atoms with Gasteiger partial charge in [0.2, 0.25) is 10.0 Å². The predicted molar refractivity (Wildman–Crippen MR) is 125 cm³/mol. The van der Waals surface area contributed by atoms with Crippen LogP contribution < -0.4 is 19.8 Å². The summed E-state index contributed by atoms with van der Waals surface area (Å²) in [6.07, 6.45) is 3.24. The standard InChI is InChI=1S/C24H24F2N2O5S/c1-3-34(30,31)27-16-7-8-21-17(11-16)18-14-28(2)24(29)13-23(18)32-9-5-4-6-15-10-19(25)20(26)12-22(15)33-21/h7-8,10-14,27H,3-6,9H2,1-2H3. The van der Waals surface area contributed by atoms with Gasteiger partial charge < -0.3 is 14.0 Å². The summed E-state index contributed by atoms with van der Waals surface area (Å²) in [5, 5.41) is 0. The molecule has 0 atom stereocenters. The molecular formula is C24H24F2N2O5S. The van der Waals surface area contributed by atoms with Crippen LogP contribution in [0.3, 0.4) is 0 Å². The number of hydrogen-bond acceptors (Lipinski definition) is 5. The molecule has 0 radical (unpaired) electrons. The normalized spacial score (nSPS) is 13.8. The van der Waals surface area contributed by atoms with Gasteiger partial charge in [0.15, 0.2) is 11.6 Å². The van der Waals surface area contributed by atoms with Crippen LogP contribution in [0.2, 0.25) is 0 Å². The van der Waals surface area contributed by atoms with Crippen molar-refractivity contribution in [2.75, 3.05) is 17.1 Å². The number of ether oxygens (including phenoxy) is 2. The molecule has 1 N–H and O–H groups in total. The Bertz CT molecular complexity index is 1400. The number of aryl methyl sites for hydroxylation is 2. The number of rotatable bonds is 3. The molecule has 2 heterocycles. The Morgan fingerprint density at radius 3 is 2.53 bits per heavy atom. The van der Waals surface area contributed by atoms with Gasteiger partial charge in [-0.2, -0.15) is 0 Å². The fraction of sp³-hybridized carbons (Fsp3) is 0.292. The molecule has 7 nitrogen and oxygen atoms in total. The van der Waals surface area contributed by atoms with Gasteiger partial charge in [0.05, 0.1) is 12.4 Å². The molecular weight excluding hydrogens is 466 g/mol. The molecule has 1 aliphatic rings. The molecule has 180 valence electrons. The summed E-state index contributed by atoms with van der Waals surface area (Å²) >= 11 is 0. The van der Waals surface area contributed by atoms with Crippen molar-refractivity contribution < 1.29 is 26.7 Å². The minimum absolute atomic E-state index is 0.118. The van der Waals surface area contributed by atoms with E-state index in [2.05, 4.69) is 4.72 Å². The zero-order valence-electron chi connectivity index (χ0n) is 18.7. The van der Waals surface area contributed by atoms with E-state index in [4.69, 9.17) is 9.47 Å². The van der Waals surface area contributed by atoms with Gasteiger partial charge in [-0.3, -0.25) is 9.52 Å². The molecule has 0 amide bonds. The second-order valence-corrected chi connectivity index (χ2v) is 10.0. The van der Waals surface area contributed by atoms with Gasteiger partial charge in [-0.15, -0.1) is 0 Å². The first-order chi connectivity index (χ1) is 16.2. The highest BCUT2D eigenvalue weighted by atomic mass is 32.2. The summed E-state index contributed by atoms with van der Waals surface area (Å²) in [4.78, 5) is 12.3. The maximum Gasteiger partial charge on any atom is 0.254 e. The highest BCUT2D eigenvalue weighted by molar-refractivity contribution is 7.92. The van der Waals surface area contributed by atoms with E-state index in [0.717, 1.165) is 12.1 Å². The molecule has 0 aliphatic carbocycles. The van der Waals surface area contributed by atoms with Crippen molar-refractivity contribution in [1.29, 1.82) is 0 Å². The Balaban J connectivity index is 1.94. The van der Waals surface area contributed by atoms with Gasteiger partial charge >= 0.3 is 0 Å². The molecule has 0 spiro atoms. The molecule has 0 fully saturated rings. The average molecular weight is 491 g/mol. The Morgan fingerprint density at radius 1 is 1.00 bits per heavy atom. The van der Waals surface area contributed by atoms with Crippen molar-refractivity contribution >= 4 is 15.7 Å². The van der Waals surface area contributed by atoms with Crippen molar-refractivity contribution in [3.8, 4) is 28.4 Å². The summed E-state index contributed by atoms with van der Waals surface area (Å²) in [7, 11) is -1.98. The summed E-state index contributed by atoms with van der Waals surface area (Å²) in [6.45, 7) is 1.82. The summed E-state index contributed by atoms with van der Waals surface area (Å²) in [5.41, 5.74) is 1.40. The third-order valence-corrected chi connectivity index (χ3v) is 6.84. The number of aromatic nitrogens is 1. The smallest absolute Gasteiger partial charge is 0.254 e. The first-order valence-corrected chi connectivity index (χ1v) is 12.5. The summed E-state index contributed by atoms with van der Waals surface area (Å²) in [6, 6.07) is 8.09. The minimum Gasteiger partial charge on any atom is -0.493 e. The Morgan fingerprint density at radius 2 is 1.76 bits per heavy atom. The van der Waals surface area contributed by atoms with Gasteiger partial charge in [0, 0.05) is 42.2 Å². The minimum atomic E-state index is -3.56. The van der Waals surface area contributed by atoms with Crippen LogP contribution in [0.5, 0.6) is 17.2 Å². The molecule has 3 aromatic rings. The first kappa shape index (κ1) is 23.7. The number of nitrogens with one attached hydrogen (secondary N) is 1. The topological polar surface area (TPSA) is 86.6 Å². The summed E-state index contributed by atoms with van der Waals surface area (Å²) < 4.78 is 68.1. The highest BCUT2D eigenvalue weighted by Crippen LogP contribution is 2.41. The lowest BCUT2D eigenvalue weighted by Crippen LogP contribution is -2.17. The van der Waals surface area contributed by atoms with Crippen LogP contribution in [0.25, 0.3) is 11.1 Å². The third-order valence-electron chi connectivity index (χ3n) is 5.53. The van der Waals surface area contributed by atoms with Crippen molar-refractivity contribution in [2.24, 2.45) is 7.05 Å². The lowest BCUT2D eigenvalue weighted by molar-refractivity contribution is 0.306. The van der Waals surface area contributed by atoms with E-state index in [1.807, 2.05) is 0 Å². The van der Waals surface area contributed by atoms with Crippen LogP contribution >= 0.6 is 0 Å². The number of fused-ring (bicyclic) bond motifs is 4. The molecule has 0 unspecified atom stereocenters. The molecule has 0 saturated carbocycles. The van der Waals surface area contributed by atoms with Gasteiger partial charge in [-0.25, -0.2) is 17.2 Å². The first-order valence-electron chi connectivity index (χ1n) is 10.8. The number of benzene rings is 2. The molecule has 10 heteroatoms. The molecule has 1 aromatic heterocycles. The van der Waals surface area contributed by atoms with Crippen molar-refractivity contribution in [2.45, 2.75) is 26.2 Å². The molecule has 4 rings (SSSR count). The van der Waals surface area contributed by atoms with E-state index in [1.54, 1.807) is 19.3 Å². The number of halogens is 2. The molecule has 1 aliphatic heterocycles. The van der Waals surface area contributed by atoms with Gasteiger partial charge in [0.25, 0.3) is 5.56 Å². The van der Waals surface area contributed by atoms with Crippen LogP contribution in [0.15, 0.2) is 47.4 Å². The highest BCUT2D eigenvalue weighted by Gasteiger charge is 2.20. The lowest BCUT2D eigenvalue weighted by Gasteiger charge is -2.20. The lowest BCUT2D eigenvalue weighted by atomic mass is 10.0. The second-order valence-electron chi connectivity index (χ2n) is 8.00. The molecule has 34 heavy (non-hydrogen) atoms. The van der Waals surface area contributed by atoms with E-state index in [1.165, 1.54) is 29.7 Å². The van der Waals surface area contributed by atoms with Gasteiger partial charge in [-0.1, -0.05) is 0 Å². The fourth-order valence-electron chi connectivity index (χ4n) is 3.66. The number of hydrogen-bond donors (Lipinski definition) is 1. The quantitative estimate of drug-likeness (QED) is 0.580. The zero-order valence-corrected chi connectivity index (χ0v) is 19.5. The van der Waals surface area contributed by atoms with Crippen LogP contribution in [0.1, 0.15) is 25.3 Å². The van der Waals surface area contributed by atoms with Crippen molar-refractivity contribution in [1.82, 2.24) is 4.57 Å². The number of anilines is 1. The van der Waals surface area contributed by atoms with E-state index in [-0.39, 0.29) is 28.5 Å². The molecule has 0 saturated heterocycles. The predicted octanol–water partition coefficient (Wildman–Crippen LogP) is 4.60. The van der Waals surface area contributed by atoms with E-state index in [0.29, 0.717) is 48.3 Å². The van der Waals surface area contributed by atoms with Gasteiger partial charge in [-0.05, 0) is 56.0 Å². The van der Waals surface area contributed by atoms with Crippen molar-refractivity contribution in [3.63, 3.8) is 0 Å². The maximum absolute atomic E-state index is 14.1. The van der Waals surface area contributed by atoms with E-state index >= 15 is 0 Å². The van der Waals surface area contributed by atoms with Crippen LogP contribution in [0, 0.1) is 11.6 Å². The van der Waals surface area contributed by atoms with Crippen molar-refractivity contribution in [3.05, 3.63) is 70.1 Å². The zero-order chi connectivity index (χ0) is 24.5. The molecule has 2 aromatic carbocycles. The SMILES string of the molecule is CCS(=O)(=O)Nc1ccc2c(c1)-c1cn(C)c(=O)cc1OCCCCc1cc(F)c(F)cc1O2. The van der Waals surface area contributed by atoms with E-state index in [9.17, 15) is 22.0 Å². The summed E-state index contributed by atoms with van der Waals surface area (Å²) in [5.74, 6) is -1.38. The Kier molecular flexibility index (Phi) is 6.60. The Hall–Kier alpha value is -3.40. The van der Waals surface area contributed by atoms with E-state index < -0.39 is 21.7 Å².